The summed E-state index contributed by atoms with van der Waals surface area (Å²) < 4.78 is 0. The van der Waals surface area contributed by atoms with Crippen molar-refractivity contribution in [1.29, 1.82) is 5.26 Å². The first-order valence-electron chi connectivity index (χ1n) is 6.72. The fraction of sp³-hybridized carbons (Fsp3) is 0.467. The second-order valence-corrected chi connectivity index (χ2v) is 5.04. The summed E-state index contributed by atoms with van der Waals surface area (Å²) in [5.41, 5.74) is 1.18. The van der Waals surface area contributed by atoms with Crippen molar-refractivity contribution in [3.63, 3.8) is 0 Å². The summed E-state index contributed by atoms with van der Waals surface area (Å²) in [6, 6.07) is 8.97. The van der Waals surface area contributed by atoms with Gasteiger partial charge < -0.3 is 10.6 Å². The summed E-state index contributed by atoms with van der Waals surface area (Å²) in [6.45, 7) is 4.13. The third-order valence-electron chi connectivity index (χ3n) is 3.73. The highest BCUT2D eigenvalue weighted by Crippen LogP contribution is 2.16. The van der Waals surface area contributed by atoms with Crippen LogP contribution >= 0.6 is 0 Å². The van der Waals surface area contributed by atoms with E-state index in [0.29, 0.717) is 17.0 Å². The summed E-state index contributed by atoms with van der Waals surface area (Å²) in [5, 5.41) is 15.1. The van der Waals surface area contributed by atoms with E-state index in [2.05, 4.69) is 17.6 Å². The third kappa shape index (κ3) is 3.55. The van der Waals surface area contributed by atoms with Gasteiger partial charge in [0.2, 0.25) is 0 Å². The molecule has 0 bridgehead atoms. The van der Waals surface area contributed by atoms with Crippen molar-refractivity contribution in [3.05, 3.63) is 35.4 Å². The molecule has 1 atom stereocenters. The average Bonchev–Trinajstić information content (AvgIpc) is 2.48. The molecule has 1 saturated heterocycles. The van der Waals surface area contributed by atoms with Crippen molar-refractivity contribution >= 4 is 5.91 Å². The maximum absolute atomic E-state index is 12.1. The third-order valence-corrected chi connectivity index (χ3v) is 3.73. The Labute approximate surface area is 113 Å². The van der Waals surface area contributed by atoms with Gasteiger partial charge in [-0.15, -0.1) is 0 Å². The molecule has 1 aliphatic heterocycles. The van der Waals surface area contributed by atoms with E-state index < -0.39 is 0 Å². The van der Waals surface area contributed by atoms with E-state index in [0.717, 1.165) is 25.9 Å². The number of nitrogens with zero attached hydrogens (tertiary/aromatic N) is 1. The van der Waals surface area contributed by atoms with E-state index in [4.69, 9.17) is 5.26 Å². The molecular weight excluding hydrogens is 238 g/mol. The minimum Gasteiger partial charge on any atom is -0.349 e. The number of carbonyl (C=O) groups excluding carboxylic acids is 1. The number of rotatable bonds is 3. The first-order chi connectivity index (χ1) is 9.20. The SMILES string of the molecule is CC(NC(=O)c1ccc(C#N)cc1)C1CCNCC1. The lowest BCUT2D eigenvalue weighted by atomic mass is 9.91. The van der Waals surface area contributed by atoms with Crippen molar-refractivity contribution in [2.24, 2.45) is 5.92 Å². The summed E-state index contributed by atoms with van der Waals surface area (Å²) >= 11 is 0. The van der Waals surface area contributed by atoms with Crippen LogP contribution in [0.15, 0.2) is 24.3 Å². The molecule has 4 nitrogen and oxygen atoms in total. The maximum Gasteiger partial charge on any atom is 0.251 e. The lowest BCUT2D eigenvalue weighted by molar-refractivity contribution is 0.0920. The molecule has 0 radical (unpaired) electrons. The van der Waals surface area contributed by atoms with Crippen LogP contribution in [-0.4, -0.2) is 25.0 Å². The zero-order valence-electron chi connectivity index (χ0n) is 11.1. The van der Waals surface area contributed by atoms with Crippen LogP contribution < -0.4 is 10.6 Å². The predicted molar refractivity (Wildman–Crippen MR) is 73.7 cm³/mol. The first kappa shape index (κ1) is 13.6. The summed E-state index contributed by atoms with van der Waals surface area (Å²) in [6.07, 6.45) is 2.21. The number of hydrogen-bond acceptors (Lipinski definition) is 3. The number of nitriles is 1. The van der Waals surface area contributed by atoms with Crippen LogP contribution in [0.1, 0.15) is 35.7 Å². The Morgan fingerprint density at radius 1 is 1.37 bits per heavy atom. The molecule has 2 N–H and O–H groups in total. The number of amides is 1. The molecule has 0 aliphatic carbocycles. The Balaban J connectivity index is 1.94. The number of nitrogens with one attached hydrogen (secondary N) is 2. The number of piperidine rings is 1. The average molecular weight is 257 g/mol. The van der Waals surface area contributed by atoms with Gasteiger partial charge in [0.15, 0.2) is 0 Å². The van der Waals surface area contributed by atoms with Crippen LogP contribution in [0.3, 0.4) is 0 Å². The number of hydrogen-bond donors (Lipinski definition) is 2. The van der Waals surface area contributed by atoms with Crippen molar-refractivity contribution in [2.45, 2.75) is 25.8 Å². The van der Waals surface area contributed by atoms with Gasteiger partial charge in [0.05, 0.1) is 11.6 Å². The molecule has 1 aliphatic rings. The Hall–Kier alpha value is -1.86. The smallest absolute Gasteiger partial charge is 0.251 e. The van der Waals surface area contributed by atoms with Gasteiger partial charge in [-0.2, -0.15) is 5.26 Å². The maximum atomic E-state index is 12.1. The summed E-state index contributed by atoms with van der Waals surface area (Å²) in [4.78, 5) is 12.1. The molecule has 1 heterocycles. The highest BCUT2D eigenvalue weighted by Gasteiger charge is 2.21. The van der Waals surface area contributed by atoms with E-state index in [-0.39, 0.29) is 11.9 Å². The normalized spacial score (nSPS) is 17.5. The van der Waals surface area contributed by atoms with Crippen molar-refractivity contribution in [3.8, 4) is 6.07 Å². The molecule has 100 valence electrons. The molecule has 0 spiro atoms. The van der Waals surface area contributed by atoms with Crippen LogP contribution in [0.5, 0.6) is 0 Å². The van der Waals surface area contributed by atoms with Crippen LogP contribution in [0, 0.1) is 17.2 Å². The molecule has 1 fully saturated rings. The minimum atomic E-state index is -0.0597. The molecule has 1 amide bonds. The molecule has 0 aromatic heterocycles. The largest absolute Gasteiger partial charge is 0.349 e. The highest BCUT2D eigenvalue weighted by molar-refractivity contribution is 5.94. The van der Waals surface area contributed by atoms with Gasteiger partial charge in [-0.3, -0.25) is 4.79 Å². The highest BCUT2D eigenvalue weighted by atomic mass is 16.1. The number of carbonyl (C=O) groups is 1. The van der Waals surface area contributed by atoms with E-state index >= 15 is 0 Å². The van der Waals surface area contributed by atoms with Gasteiger partial charge >= 0.3 is 0 Å². The van der Waals surface area contributed by atoms with Gasteiger partial charge in [0.1, 0.15) is 0 Å². The lowest BCUT2D eigenvalue weighted by Gasteiger charge is -2.28. The van der Waals surface area contributed by atoms with Gasteiger partial charge in [0.25, 0.3) is 5.91 Å². The zero-order chi connectivity index (χ0) is 13.7. The topological polar surface area (TPSA) is 64.9 Å². The fourth-order valence-corrected chi connectivity index (χ4v) is 2.45. The Kier molecular flexibility index (Phi) is 4.53. The van der Waals surface area contributed by atoms with Crippen molar-refractivity contribution in [1.82, 2.24) is 10.6 Å². The lowest BCUT2D eigenvalue weighted by Crippen LogP contribution is -2.42. The molecule has 2 rings (SSSR count). The van der Waals surface area contributed by atoms with Gasteiger partial charge in [-0.25, -0.2) is 0 Å². The van der Waals surface area contributed by atoms with Crippen molar-refractivity contribution in [2.75, 3.05) is 13.1 Å². The fourth-order valence-electron chi connectivity index (χ4n) is 2.45. The summed E-state index contributed by atoms with van der Waals surface area (Å²) in [7, 11) is 0. The summed E-state index contributed by atoms with van der Waals surface area (Å²) in [5.74, 6) is 0.485. The first-order valence-corrected chi connectivity index (χ1v) is 6.72. The Morgan fingerprint density at radius 3 is 2.58 bits per heavy atom. The van der Waals surface area contributed by atoms with Crippen LogP contribution in [0.25, 0.3) is 0 Å². The predicted octanol–water partition coefficient (Wildman–Crippen LogP) is 1.68. The minimum absolute atomic E-state index is 0.0597. The van der Waals surface area contributed by atoms with E-state index in [1.165, 1.54) is 0 Å². The molecule has 0 saturated carbocycles. The van der Waals surface area contributed by atoms with Crippen LogP contribution in [-0.2, 0) is 0 Å². The number of benzene rings is 1. The molecular formula is C15H19N3O. The zero-order valence-corrected chi connectivity index (χ0v) is 11.1. The van der Waals surface area contributed by atoms with Crippen molar-refractivity contribution < 1.29 is 4.79 Å². The van der Waals surface area contributed by atoms with E-state index in [9.17, 15) is 4.79 Å². The molecule has 1 aromatic rings. The standard InChI is InChI=1S/C15H19N3O/c1-11(13-6-8-17-9-7-13)18-15(19)14-4-2-12(10-16)3-5-14/h2-5,11,13,17H,6-9H2,1H3,(H,18,19). The van der Waals surface area contributed by atoms with Gasteiger partial charge in [-0.05, 0) is 63.0 Å². The quantitative estimate of drug-likeness (QED) is 0.865. The van der Waals surface area contributed by atoms with E-state index in [1.807, 2.05) is 6.07 Å². The molecule has 1 unspecified atom stereocenters. The van der Waals surface area contributed by atoms with Crippen LogP contribution in [0.2, 0.25) is 0 Å². The van der Waals surface area contributed by atoms with Gasteiger partial charge in [-0.1, -0.05) is 0 Å². The molecule has 1 aromatic carbocycles. The molecule has 19 heavy (non-hydrogen) atoms. The monoisotopic (exact) mass is 257 g/mol. The Morgan fingerprint density at radius 2 is 2.00 bits per heavy atom. The van der Waals surface area contributed by atoms with Gasteiger partial charge in [0, 0.05) is 11.6 Å². The van der Waals surface area contributed by atoms with E-state index in [1.54, 1.807) is 24.3 Å². The van der Waals surface area contributed by atoms with Crippen LogP contribution in [0.4, 0.5) is 0 Å². The Bertz CT molecular complexity index is 469. The second kappa shape index (κ2) is 6.35. The molecule has 4 heteroatoms. The second-order valence-electron chi connectivity index (χ2n) is 5.04.